The molecule has 0 fully saturated rings. The molecule has 0 bridgehead atoms. The maximum atomic E-state index is 14.0. The molecule has 8 nitrogen and oxygen atoms in total. The Balaban J connectivity index is 1.41. The molecule has 1 amide bonds. The van der Waals surface area contributed by atoms with E-state index >= 15 is 0 Å². The molecule has 0 aromatic heterocycles. The highest BCUT2D eigenvalue weighted by atomic mass is 16.5. The van der Waals surface area contributed by atoms with E-state index in [2.05, 4.69) is 20.8 Å². The molecular formula is C36H35NO7. The van der Waals surface area contributed by atoms with Crippen LogP contribution in [0.5, 0.6) is 5.75 Å². The Morgan fingerprint density at radius 1 is 0.977 bits per heavy atom. The Morgan fingerprint density at radius 3 is 2.30 bits per heavy atom. The summed E-state index contributed by atoms with van der Waals surface area (Å²) in [6, 6.07) is 20.5. The molecule has 0 saturated heterocycles. The van der Waals surface area contributed by atoms with Gasteiger partial charge in [0.05, 0.1) is 5.56 Å². The van der Waals surface area contributed by atoms with Crippen LogP contribution in [0.2, 0.25) is 0 Å². The number of aliphatic hydroxyl groups is 2. The summed E-state index contributed by atoms with van der Waals surface area (Å²) in [5.41, 5.74) is 6.66. The van der Waals surface area contributed by atoms with Gasteiger partial charge in [0.25, 0.3) is 5.91 Å². The van der Waals surface area contributed by atoms with E-state index in [9.17, 15) is 29.7 Å². The van der Waals surface area contributed by atoms with Crippen LogP contribution in [0.25, 0.3) is 11.1 Å². The first-order valence-corrected chi connectivity index (χ1v) is 14.7. The maximum Gasteiger partial charge on any atom is 0.255 e. The largest absolute Gasteiger partial charge is 0.508 e. The van der Waals surface area contributed by atoms with Gasteiger partial charge in [0.2, 0.25) is 5.78 Å². The number of phenolic OH excluding ortho intramolecular Hbond substituents is 1. The Kier molecular flexibility index (Phi) is 7.00. The van der Waals surface area contributed by atoms with Gasteiger partial charge in [-0.1, -0.05) is 81.4 Å². The number of amides is 1. The zero-order chi connectivity index (χ0) is 31.6. The standard InChI is InChI=1S/C36H35NO7/c1-35(2,3)22-11-9-20(10-12-22)24-13-14-26(38)29-25(24)16-21-15-23-17-27(44-18-19-7-5-4-6-8-19)30(34(37)42)33(41)36(23,43)32(40)28(21)31(29)39/h4-14,21,23,38,40,43H,15-18H2,1-3H3,(H2,37,42)/t21-,23+,36+/m1/s1. The molecule has 0 heterocycles. The van der Waals surface area contributed by atoms with E-state index in [4.69, 9.17) is 10.5 Å². The van der Waals surface area contributed by atoms with Crippen molar-refractivity contribution in [3.8, 4) is 16.9 Å². The van der Waals surface area contributed by atoms with Crippen LogP contribution >= 0.6 is 0 Å². The van der Waals surface area contributed by atoms with Crippen molar-refractivity contribution in [1.29, 1.82) is 0 Å². The Bertz CT molecular complexity index is 1760. The number of allylic oxidation sites excluding steroid dienone is 2. The van der Waals surface area contributed by atoms with Crippen LogP contribution in [0.4, 0.5) is 0 Å². The highest BCUT2D eigenvalue weighted by molar-refractivity contribution is 6.24. The van der Waals surface area contributed by atoms with E-state index in [0.717, 1.165) is 22.3 Å². The molecule has 0 spiro atoms. The number of hydrogen-bond acceptors (Lipinski definition) is 7. The molecular weight excluding hydrogens is 558 g/mol. The van der Waals surface area contributed by atoms with Gasteiger partial charge in [-0.05, 0) is 58.1 Å². The highest BCUT2D eigenvalue weighted by Gasteiger charge is 2.60. The van der Waals surface area contributed by atoms with E-state index < -0.39 is 46.2 Å². The van der Waals surface area contributed by atoms with Gasteiger partial charge in [-0.15, -0.1) is 0 Å². The first-order valence-electron chi connectivity index (χ1n) is 14.7. The number of aromatic hydroxyl groups is 1. The number of aliphatic hydroxyl groups excluding tert-OH is 1. The number of ketones is 2. The van der Waals surface area contributed by atoms with E-state index in [1.807, 2.05) is 54.6 Å². The van der Waals surface area contributed by atoms with Crippen molar-refractivity contribution in [3.05, 3.63) is 112 Å². The predicted molar refractivity (Wildman–Crippen MR) is 164 cm³/mol. The van der Waals surface area contributed by atoms with E-state index in [1.165, 1.54) is 6.07 Å². The molecule has 3 aromatic rings. The van der Waals surface area contributed by atoms with Gasteiger partial charge in [0.1, 0.15) is 29.4 Å². The fraction of sp³-hybridized carbons (Fsp3) is 0.306. The van der Waals surface area contributed by atoms with Crippen LogP contribution < -0.4 is 5.73 Å². The number of carbonyl (C=O) groups excluding carboxylic acids is 3. The van der Waals surface area contributed by atoms with Gasteiger partial charge >= 0.3 is 0 Å². The smallest absolute Gasteiger partial charge is 0.255 e. The van der Waals surface area contributed by atoms with Crippen LogP contribution in [0.1, 0.15) is 60.7 Å². The number of fused-ring (bicyclic) bond motifs is 3. The molecule has 3 aliphatic carbocycles. The molecule has 44 heavy (non-hydrogen) atoms. The first-order chi connectivity index (χ1) is 20.8. The maximum absolute atomic E-state index is 14.0. The lowest BCUT2D eigenvalue weighted by molar-refractivity contribution is -0.144. The second-order valence-corrected chi connectivity index (χ2v) is 13.0. The number of hydrogen-bond donors (Lipinski definition) is 4. The van der Waals surface area contributed by atoms with Gasteiger partial charge in [0.15, 0.2) is 11.4 Å². The SMILES string of the molecule is CC(C)(C)c1ccc(-c2ccc(O)c3c2C[C@H]2C[C@H]4CC(OCc5ccccc5)=C(C(N)=O)C(=O)[C@@]4(O)C(O)=C2C3=O)cc1. The minimum absolute atomic E-state index is 0.0306. The quantitative estimate of drug-likeness (QED) is 0.297. The Hall–Kier alpha value is -4.69. The van der Waals surface area contributed by atoms with Gasteiger partial charge in [0, 0.05) is 17.9 Å². The highest BCUT2D eigenvalue weighted by Crippen LogP contribution is 2.52. The normalized spacial score (nSPS) is 23.2. The Labute approximate surface area is 255 Å². The monoisotopic (exact) mass is 593 g/mol. The zero-order valence-electron chi connectivity index (χ0n) is 24.9. The van der Waals surface area contributed by atoms with Gasteiger partial charge < -0.3 is 25.8 Å². The molecule has 3 aromatic carbocycles. The van der Waals surface area contributed by atoms with Crippen LogP contribution in [-0.2, 0) is 32.8 Å². The second kappa shape index (κ2) is 10.5. The minimum Gasteiger partial charge on any atom is -0.508 e. The first kappa shape index (κ1) is 29.4. The summed E-state index contributed by atoms with van der Waals surface area (Å²) >= 11 is 0. The predicted octanol–water partition coefficient (Wildman–Crippen LogP) is 5.20. The lowest BCUT2D eigenvalue weighted by Gasteiger charge is -2.46. The molecule has 0 aliphatic heterocycles. The summed E-state index contributed by atoms with van der Waals surface area (Å²) in [4.78, 5) is 40.2. The molecule has 5 N–H and O–H groups in total. The van der Waals surface area contributed by atoms with Crippen molar-refractivity contribution in [2.24, 2.45) is 17.6 Å². The summed E-state index contributed by atoms with van der Waals surface area (Å²) in [6.07, 6.45) is 0.414. The molecule has 8 heteroatoms. The fourth-order valence-electron chi connectivity index (χ4n) is 6.90. The summed E-state index contributed by atoms with van der Waals surface area (Å²) in [5.74, 6) is -5.26. The summed E-state index contributed by atoms with van der Waals surface area (Å²) in [6.45, 7) is 6.46. The lowest BCUT2D eigenvalue weighted by atomic mass is 9.60. The third kappa shape index (κ3) is 4.61. The number of phenols is 1. The number of Topliss-reactive ketones (excluding diaryl/α,β-unsaturated/α-hetero) is 2. The van der Waals surface area contributed by atoms with Crippen LogP contribution in [-0.4, -0.2) is 38.4 Å². The average molecular weight is 594 g/mol. The van der Waals surface area contributed by atoms with E-state index in [-0.39, 0.29) is 47.5 Å². The van der Waals surface area contributed by atoms with Crippen molar-refractivity contribution in [2.45, 2.75) is 57.7 Å². The van der Waals surface area contributed by atoms with Crippen molar-refractivity contribution in [1.82, 2.24) is 0 Å². The molecule has 6 rings (SSSR count). The number of benzene rings is 3. The zero-order valence-corrected chi connectivity index (χ0v) is 24.9. The van der Waals surface area contributed by atoms with Crippen molar-refractivity contribution < 1.29 is 34.4 Å². The molecule has 0 unspecified atom stereocenters. The molecule has 0 saturated carbocycles. The molecule has 3 atom stereocenters. The number of primary amides is 1. The van der Waals surface area contributed by atoms with Gasteiger partial charge in [-0.25, -0.2) is 0 Å². The van der Waals surface area contributed by atoms with Crippen LogP contribution in [0.3, 0.4) is 0 Å². The van der Waals surface area contributed by atoms with Crippen LogP contribution in [0, 0.1) is 11.8 Å². The number of nitrogens with two attached hydrogens (primary N) is 1. The third-order valence-electron chi connectivity index (χ3n) is 9.25. The van der Waals surface area contributed by atoms with Gasteiger partial charge in [-0.3, -0.25) is 14.4 Å². The molecule has 0 radical (unpaired) electrons. The number of ether oxygens (including phenoxy) is 1. The Morgan fingerprint density at radius 2 is 1.66 bits per heavy atom. The van der Waals surface area contributed by atoms with Crippen molar-refractivity contribution in [2.75, 3.05) is 0 Å². The third-order valence-corrected chi connectivity index (χ3v) is 9.25. The van der Waals surface area contributed by atoms with Crippen molar-refractivity contribution >= 4 is 17.5 Å². The summed E-state index contributed by atoms with van der Waals surface area (Å²) in [7, 11) is 0. The fourth-order valence-corrected chi connectivity index (χ4v) is 6.90. The minimum atomic E-state index is -2.53. The molecule has 3 aliphatic rings. The second-order valence-electron chi connectivity index (χ2n) is 13.0. The number of carbonyl (C=O) groups is 3. The van der Waals surface area contributed by atoms with E-state index in [0.29, 0.717) is 12.0 Å². The number of rotatable bonds is 5. The van der Waals surface area contributed by atoms with Crippen LogP contribution in [0.15, 0.2) is 89.4 Å². The summed E-state index contributed by atoms with van der Waals surface area (Å²) in [5, 5.41) is 34.1. The molecule has 226 valence electrons. The lowest BCUT2D eigenvalue weighted by Crippen LogP contribution is -2.57. The van der Waals surface area contributed by atoms with Crippen molar-refractivity contribution in [3.63, 3.8) is 0 Å². The summed E-state index contributed by atoms with van der Waals surface area (Å²) < 4.78 is 5.93. The average Bonchev–Trinajstić information content (AvgIpc) is 2.98. The van der Waals surface area contributed by atoms with E-state index in [1.54, 1.807) is 6.07 Å². The van der Waals surface area contributed by atoms with Gasteiger partial charge in [-0.2, -0.15) is 0 Å². The topological polar surface area (TPSA) is 147 Å².